The molecular weight excluding hydrogens is 422 g/mol. The van der Waals surface area contributed by atoms with Gasteiger partial charge in [0.25, 0.3) is 0 Å². The van der Waals surface area contributed by atoms with Gasteiger partial charge in [0.15, 0.2) is 0 Å². The molecule has 0 unspecified atom stereocenters. The summed E-state index contributed by atoms with van der Waals surface area (Å²) in [6.07, 6.45) is 6.18. The van der Waals surface area contributed by atoms with Crippen molar-refractivity contribution in [2.24, 2.45) is 5.92 Å². The summed E-state index contributed by atoms with van der Waals surface area (Å²) >= 11 is 6.19. The first-order valence-electron chi connectivity index (χ1n) is 11.4. The van der Waals surface area contributed by atoms with Crippen LogP contribution in [0.1, 0.15) is 55.7 Å². The van der Waals surface area contributed by atoms with Gasteiger partial charge in [-0.15, -0.1) is 0 Å². The second-order valence-electron chi connectivity index (χ2n) is 9.54. The molecule has 2 N–H and O–H groups in total. The fourth-order valence-electron chi connectivity index (χ4n) is 5.54. The van der Waals surface area contributed by atoms with Crippen molar-refractivity contribution in [2.75, 3.05) is 19.0 Å². The topological polar surface area (TPSA) is 58.6 Å². The molecule has 0 radical (unpaired) electrons. The van der Waals surface area contributed by atoms with E-state index in [1.807, 2.05) is 24.3 Å². The molecule has 4 nitrogen and oxygen atoms in total. The number of methoxy groups -OCH3 is 1. The van der Waals surface area contributed by atoms with Gasteiger partial charge in [0.2, 0.25) is 0 Å². The van der Waals surface area contributed by atoms with Crippen LogP contribution in [0.3, 0.4) is 0 Å². The Hall–Kier alpha value is -2.30. The molecule has 32 heavy (non-hydrogen) atoms. The molecule has 0 aromatic heterocycles. The van der Waals surface area contributed by atoms with Gasteiger partial charge in [-0.05, 0) is 74.3 Å². The number of rotatable bonds is 6. The molecule has 2 aromatic rings. The molecule has 1 saturated carbocycles. The number of aryl methyl sites for hydroxylation is 1. The van der Waals surface area contributed by atoms with Crippen LogP contribution in [0.5, 0.6) is 0 Å². The van der Waals surface area contributed by atoms with Crippen LogP contribution in [0.2, 0.25) is 5.02 Å². The number of aliphatic hydroxyl groups is 1. The Labute approximate surface area is 195 Å². The molecule has 4 rings (SSSR count). The van der Waals surface area contributed by atoms with Crippen molar-refractivity contribution in [2.45, 2.75) is 56.9 Å². The smallest absolute Gasteiger partial charge is 0.331 e. The number of halogens is 1. The van der Waals surface area contributed by atoms with Crippen molar-refractivity contribution >= 4 is 29.3 Å². The first-order chi connectivity index (χ1) is 15.3. The fraction of sp³-hybridized carbons (Fsp3) is 0.444. The number of esters is 1. The van der Waals surface area contributed by atoms with E-state index >= 15 is 0 Å². The lowest BCUT2D eigenvalue weighted by Crippen LogP contribution is -2.52. The lowest BCUT2D eigenvalue weighted by atomic mass is 9.61. The summed E-state index contributed by atoms with van der Waals surface area (Å²) < 4.78 is 5.26. The molecule has 170 valence electrons. The number of benzene rings is 2. The summed E-state index contributed by atoms with van der Waals surface area (Å²) in [7, 11) is 1.45. The summed E-state index contributed by atoms with van der Waals surface area (Å²) in [5, 5.41) is 13.8. The monoisotopic (exact) mass is 453 g/mol. The van der Waals surface area contributed by atoms with E-state index in [0.29, 0.717) is 17.9 Å². The van der Waals surface area contributed by atoms with Crippen molar-refractivity contribution in [3.8, 4) is 0 Å². The standard InChI is InChI=1S/C27H32ClNO3/c1-18-7-8-24-20(13-18)15-21(14-19(2)17-30)26(24)9-11-27(12-10-26,25(31)32-3)29-23-6-4-5-22(28)16-23/h4-8,13,15-16,19,29-30H,9-12,14,17H2,1-3H3/t19-,26?,27?/m1/s1. The van der Waals surface area contributed by atoms with Crippen molar-refractivity contribution in [3.05, 3.63) is 69.8 Å². The van der Waals surface area contributed by atoms with Gasteiger partial charge in [-0.1, -0.05) is 60.0 Å². The quantitative estimate of drug-likeness (QED) is 0.534. The van der Waals surface area contributed by atoms with E-state index in [2.05, 4.69) is 43.4 Å². The predicted octanol–water partition coefficient (Wildman–Crippen LogP) is 5.90. The van der Waals surface area contributed by atoms with E-state index in [0.717, 1.165) is 24.9 Å². The molecule has 2 aliphatic carbocycles. The highest BCUT2D eigenvalue weighted by Crippen LogP contribution is 2.55. The number of allylic oxidation sites excluding steroid dienone is 1. The van der Waals surface area contributed by atoms with Gasteiger partial charge in [-0.2, -0.15) is 0 Å². The second kappa shape index (κ2) is 8.92. The number of fused-ring (bicyclic) bond motifs is 2. The van der Waals surface area contributed by atoms with Crippen LogP contribution >= 0.6 is 11.6 Å². The third kappa shape index (κ3) is 4.06. The average molecular weight is 454 g/mol. The lowest BCUT2D eigenvalue weighted by molar-refractivity contribution is -0.147. The second-order valence-corrected chi connectivity index (χ2v) is 9.98. The van der Waals surface area contributed by atoms with Crippen molar-refractivity contribution in [3.63, 3.8) is 0 Å². The summed E-state index contributed by atoms with van der Waals surface area (Å²) in [5.74, 6) is -0.0332. The molecule has 0 bridgehead atoms. The zero-order chi connectivity index (χ0) is 22.9. The van der Waals surface area contributed by atoms with Crippen LogP contribution in [0.25, 0.3) is 6.08 Å². The number of aliphatic hydroxyl groups excluding tert-OH is 1. The van der Waals surface area contributed by atoms with E-state index in [1.54, 1.807) is 0 Å². The Kier molecular flexibility index (Phi) is 6.37. The third-order valence-corrected chi connectivity index (χ3v) is 7.52. The number of carbonyl (C=O) groups is 1. The molecule has 2 aliphatic rings. The molecule has 0 heterocycles. The Morgan fingerprint density at radius 3 is 2.59 bits per heavy atom. The number of ether oxygens (including phenoxy) is 1. The van der Waals surface area contributed by atoms with Crippen LogP contribution in [0.4, 0.5) is 5.69 Å². The molecule has 2 aromatic carbocycles. The summed E-state index contributed by atoms with van der Waals surface area (Å²) in [4.78, 5) is 13.0. The maximum absolute atomic E-state index is 13.0. The van der Waals surface area contributed by atoms with Gasteiger partial charge >= 0.3 is 5.97 Å². The number of anilines is 1. The van der Waals surface area contributed by atoms with Gasteiger partial charge in [-0.25, -0.2) is 4.79 Å². The maximum atomic E-state index is 13.0. The van der Waals surface area contributed by atoms with Crippen molar-refractivity contribution in [1.82, 2.24) is 0 Å². The Morgan fingerprint density at radius 2 is 1.94 bits per heavy atom. The largest absolute Gasteiger partial charge is 0.467 e. The Balaban J connectivity index is 1.67. The van der Waals surface area contributed by atoms with Crippen LogP contribution < -0.4 is 5.32 Å². The summed E-state index contributed by atoms with van der Waals surface area (Å²) in [6.45, 7) is 4.38. The molecule has 0 aliphatic heterocycles. The SMILES string of the molecule is COC(=O)C1(Nc2cccc(Cl)c2)CCC2(CC1)C(C[C@@H](C)CO)=Cc1cc(C)ccc12. The minimum Gasteiger partial charge on any atom is -0.467 e. The molecule has 0 amide bonds. The van der Waals surface area contributed by atoms with E-state index in [9.17, 15) is 9.90 Å². The molecular formula is C27H32ClNO3. The predicted molar refractivity (Wildman–Crippen MR) is 130 cm³/mol. The van der Waals surface area contributed by atoms with E-state index in [-0.39, 0.29) is 23.9 Å². The van der Waals surface area contributed by atoms with E-state index in [4.69, 9.17) is 16.3 Å². The normalized spacial score (nSPS) is 25.2. The Bertz CT molecular complexity index is 1040. The summed E-state index contributed by atoms with van der Waals surface area (Å²) in [6, 6.07) is 14.2. The number of hydrogen-bond acceptors (Lipinski definition) is 4. The Morgan fingerprint density at radius 1 is 1.19 bits per heavy atom. The first-order valence-corrected chi connectivity index (χ1v) is 11.7. The maximum Gasteiger partial charge on any atom is 0.331 e. The number of hydrogen-bond donors (Lipinski definition) is 2. The van der Waals surface area contributed by atoms with Gasteiger partial charge in [0.05, 0.1) is 7.11 Å². The summed E-state index contributed by atoms with van der Waals surface area (Å²) in [5.41, 5.74) is 5.19. The highest BCUT2D eigenvalue weighted by Gasteiger charge is 2.51. The van der Waals surface area contributed by atoms with Gasteiger partial charge in [0.1, 0.15) is 5.54 Å². The highest BCUT2D eigenvalue weighted by atomic mass is 35.5. The zero-order valence-electron chi connectivity index (χ0n) is 19.1. The average Bonchev–Trinajstić information content (AvgIpc) is 3.06. The van der Waals surface area contributed by atoms with Crippen LogP contribution in [0, 0.1) is 12.8 Å². The number of nitrogens with one attached hydrogen (secondary N) is 1. The van der Waals surface area contributed by atoms with Gasteiger partial charge in [0, 0.05) is 22.7 Å². The van der Waals surface area contributed by atoms with Crippen molar-refractivity contribution in [1.29, 1.82) is 0 Å². The van der Waals surface area contributed by atoms with Crippen molar-refractivity contribution < 1.29 is 14.6 Å². The molecule has 5 heteroatoms. The minimum atomic E-state index is -0.786. The van der Waals surface area contributed by atoms with E-state index in [1.165, 1.54) is 29.4 Å². The van der Waals surface area contributed by atoms with E-state index < -0.39 is 5.54 Å². The van der Waals surface area contributed by atoms with Crippen LogP contribution in [-0.4, -0.2) is 30.3 Å². The van der Waals surface area contributed by atoms with Crippen LogP contribution in [0.15, 0.2) is 48.0 Å². The third-order valence-electron chi connectivity index (χ3n) is 7.29. The highest BCUT2D eigenvalue weighted by molar-refractivity contribution is 6.30. The first kappa shape index (κ1) is 22.9. The molecule has 1 spiro atoms. The zero-order valence-corrected chi connectivity index (χ0v) is 19.8. The lowest BCUT2D eigenvalue weighted by Gasteiger charge is -2.46. The number of carbonyl (C=O) groups excluding carboxylic acids is 1. The molecule has 0 saturated heterocycles. The van der Waals surface area contributed by atoms with Crippen LogP contribution in [-0.2, 0) is 14.9 Å². The van der Waals surface area contributed by atoms with Gasteiger partial charge in [-0.3, -0.25) is 0 Å². The molecule has 1 fully saturated rings. The molecule has 1 atom stereocenters. The van der Waals surface area contributed by atoms with Gasteiger partial charge < -0.3 is 15.2 Å². The minimum absolute atomic E-state index is 0.0972. The fourth-order valence-corrected chi connectivity index (χ4v) is 5.73.